The summed E-state index contributed by atoms with van der Waals surface area (Å²) in [7, 11) is -4.31. The molecule has 0 bridgehead atoms. The quantitative estimate of drug-likeness (QED) is 0.512. The van der Waals surface area contributed by atoms with E-state index in [-0.39, 0.29) is 27.3 Å². The zero-order valence-electron chi connectivity index (χ0n) is 11.1. The zero-order chi connectivity index (χ0) is 14.9. The molecule has 0 aliphatic rings. The van der Waals surface area contributed by atoms with E-state index in [4.69, 9.17) is 0 Å². The number of H-pyrrole nitrogens is 1. The Morgan fingerprint density at radius 2 is 1.73 bits per heavy atom. The first-order valence-electron chi connectivity index (χ1n) is 6.09. The SMILES string of the molecule is O=S(=O)(O)c1ccc(-c2cn[nH]n2)cc1-c1ccccc1.[Ag]. The summed E-state index contributed by atoms with van der Waals surface area (Å²) < 4.78 is 32.5. The minimum Gasteiger partial charge on any atom is -0.282 e. The molecule has 1 heterocycles. The van der Waals surface area contributed by atoms with Crippen LogP contribution in [0.5, 0.6) is 0 Å². The van der Waals surface area contributed by atoms with Gasteiger partial charge in [0.2, 0.25) is 0 Å². The summed E-state index contributed by atoms with van der Waals surface area (Å²) in [5.41, 5.74) is 2.40. The second-order valence-electron chi connectivity index (χ2n) is 4.41. The summed E-state index contributed by atoms with van der Waals surface area (Å²) in [6.07, 6.45) is 1.54. The first kappa shape index (κ1) is 16.6. The Balaban J connectivity index is 0.00000176. The van der Waals surface area contributed by atoms with Crippen LogP contribution in [0.15, 0.2) is 59.6 Å². The number of hydrogen-bond donors (Lipinski definition) is 2. The Hall–Kier alpha value is -1.77. The van der Waals surface area contributed by atoms with Gasteiger partial charge in [0.25, 0.3) is 10.1 Å². The van der Waals surface area contributed by atoms with Gasteiger partial charge >= 0.3 is 0 Å². The molecule has 0 saturated carbocycles. The van der Waals surface area contributed by atoms with Crippen molar-refractivity contribution in [1.29, 1.82) is 0 Å². The van der Waals surface area contributed by atoms with Gasteiger partial charge in [-0.15, -0.1) is 0 Å². The van der Waals surface area contributed by atoms with Gasteiger partial charge in [-0.2, -0.15) is 23.8 Å². The van der Waals surface area contributed by atoms with Gasteiger partial charge in [0.15, 0.2) is 0 Å². The summed E-state index contributed by atoms with van der Waals surface area (Å²) in [5.74, 6) is 0. The van der Waals surface area contributed by atoms with Gasteiger partial charge in [-0.1, -0.05) is 36.4 Å². The Morgan fingerprint density at radius 1 is 1.00 bits per heavy atom. The molecule has 117 valence electrons. The molecular formula is C14H11AgN3O3S. The molecule has 0 saturated heterocycles. The molecule has 0 amide bonds. The Bertz CT molecular complexity index is 866. The van der Waals surface area contributed by atoms with Crippen LogP contribution in [-0.4, -0.2) is 28.4 Å². The Morgan fingerprint density at radius 3 is 2.32 bits per heavy atom. The number of rotatable bonds is 3. The Kier molecular flexibility index (Phi) is 4.94. The first-order valence-corrected chi connectivity index (χ1v) is 7.53. The van der Waals surface area contributed by atoms with E-state index < -0.39 is 10.1 Å². The predicted molar refractivity (Wildman–Crippen MR) is 77.1 cm³/mol. The van der Waals surface area contributed by atoms with Crippen molar-refractivity contribution in [3.8, 4) is 22.4 Å². The molecule has 0 spiro atoms. The molecule has 1 aromatic heterocycles. The molecule has 3 aromatic rings. The fourth-order valence-electron chi connectivity index (χ4n) is 2.10. The summed E-state index contributed by atoms with van der Waals surface area (Å²) in [6.45, 7) is 0. The van der Waals surface area contributed by atoms with Crippen LogP contribution in [0.25, 0.3) is 22.4 Å². The summed E-state index contributed by atoms with van der Waals surface area (Å²) in [5, 5.41) is 10.2. The third-order valence-electron chi connectivity index (χ3n) is 3.05. The molecule has 0 unspecified atom stereocenters. The predicted octanol–water partition coefficient (Wildman–Crippen LogP) is 2.38. The normalized spacial score (nSPS) is 11.0. The average molecular weight is 409 g/mol. The molecule has 0 aliphatic carbocycles. The van der Waals surface area contributed by atoms with Crippen LogP contribution in [0.4, 0.5) is 0 Å². The van der Waals surface area contributed by atoms with Crippen molar-refractivity contribution in [2.24, 2.45) is 0 Å². The maximum atomic E-state index is 11.5. The van der Waals surface area contributed by atoms with Gasteiger partial charge in [-0.25, -0.2) is 0 Å². The van der Waals surface area contributed by atoms with Crippen molar-refractivity contribution in [1.82, 2.24) is 15.4 Å². The van der Waals surface area contributed by atoms with Crippen LogP contribution < -0.4 is 0 Å². The van der Waals surface area contributed by atoms with E-state index in [0.29, 0.717) is 22.4 Å². The molecule has 0 aliphatic heterocycles. The van der Waals surface area contributed by atoms with E-state index >= 15 is 0 Å². The maximum Gasteiger partial charge on any atom is 0.295 e. The molecule has 0 atom stereocenters. The van der Waals surface area contributed by atoms with Crippen LogP contribution in [-0.2, 0) is 32.5 Å². The van der Waals surface area contributed by atoms with Gasteiger partial charge in [0.05, 0.1) is 6.20 Å². The fourth-order valence-corrected chi connectivity index (χ4v) is 2.79. The zero-order valence-corrected chi connectivity index (χ0v) is 13.4. The number of nitrogens with one attached hydrogen (secondary N) is 1. The minimum atomic E-state index is -4.31. The largest absolute Gasteiger partial charge is 0.295 e. The molecule has 0 fully saturated rings. The second-order valence-corrected chi connectivity index (χ2v) is 5.80. The number of benzene rings is 2. The number of hydrogen-bond acceptors (Lipinski definition) is 4. The van der Waals surface area contributed by atoms with Crippen molar-refractivity contribution in [2.75, 3.05) is 0 Å². The van der Waals surface area contributed by atoms with Crippen LogP contribution in [0.2, 0.25) is 0 Å². The number of nitrogens with zero attached hydrogens (tertiary/aromatic N) is 2. The van der Waals surface area contributed by atoms with Crippen molar-refractivity contribution < 1.29 is 35.4 Å². The van der Waals surface area contributed by atoms with Gasteiger partial charge in [-0.3, -0.25) is 4.55 Å². The number of aromatic amines is 1. The smallest absolute Gasteiger partial charge is 0.282 e. The average Bonchev–Trinajstić information content (AvgIpc) is 3.01. The van der Waals surface area contributed by atoms with E-state index in [1.54, 1.807) is 36.4 Å². The molecule has 6 nitrogen and oxygen atoms in total. The molecule has 2 aromatic carbocycles. The van der Waals surface area contributed by atoms with Crippen LogP contribution in [0.3, 0.4) is 0 Å². The topological polar surface area (TPSA) is 95.9 Å². The van der Waals surface area contributed by atoms with Gasteiger partial charge in [0, 0.05) is 33.5 Å². The van der Waals surface area contributed by atoms with Crippen LogP contribution in [0, 0.1) is 0 Å². The minimum absolute atomic E-state index is 0. The van der Waals surface area contributed by atoms with Gasteiger partial charge in [0.1, 0.15) is 10.6 Å². The monoisotopic (exact) mass is 408 g/mol. The van der Waals surface area contributed by atoms with E-state index in [9.17, 15) is 13.0 Å². The van der Waals surface area contributed by atoms with Crippen molar-refractivity contribution in [3.05, 3.63) is 54.7 Å². The summed E-state index contributed by atoms with van der Waals surface area (Å²) in [4.78, 5) is -0.138. The maximum absolute atomic E-state index is 11.5. The van der Waals surface area contributed by atoms with E-state index in [2.05, 4.69) is 15.4 Å². The van der Waals surface area contributed by atoms with E-state index in [1.807, 2.05) is 6.07 Å². The molecular weight excluding hydrogens is 398 g/mol. The molecule has 2 N–H and O–H groups in total. The van der Waals surface area contributed by atoms with E-state index in [0.717, 1.165) is 0 Å². The third kappa shape index (κ3) is 3.34. The van der Waals surface area contributed by atoms with Crippen molar-refractivity contribution in [3.63, 3.8) is 0 Å². The van der Waals surface area contributed by atoms with Gasteiger partial charge in [-0.05, 0) is 17.7 Å². The molecule has 3 rings (SSSR count). The Labute approximate surface area is 142 Å². The van der Waals surface area contributed by atoms with E-state index in [1.165, 1.54) is 12.3 Å². The summed E-state index contributed by atoms with van der Waals surface area (Å²) >= 11 is 0. The second kappa shape index (κ2) is 6.55. The first-order chi connectivity index (χ1) is 10.1. The van der Waals surface area contributed by atoms with Crippen molar-refractivity contribution in [2.45, 2.75) is 4.90 Å². The fraction of sp³-hybridized carbons (Fsp3) is 0. The van der Waals surface area contributed by atoms with Crippen LogP contribution in [0.1, 0.15) is 0 Å². The van der Waals surface area contributed by atoms with Gasteiger partial charge < -0.3 is 0 Å². The molecule has 8 heteroatoms. The molecule has 1 radical (unpaired) electrons. The standard InChI is InChI=1S/C14H11N3O3S.Ag/c18-21(19,20)14-7-6-11(13-9-15-17-16-13)8-12(14)10-4-2-1-3-5-10;/h1-9H,(H,15,16,17)(H,18,19,20);. The summed E-state index contributed by atoms with van der Waals surface area (Å²) in [6, 6.07) is 13.6. The van der Waals surface area contributed by atoms with Crippen molar-refractivity contribution >= 4 is 10.1 Å². The third-order valence-corrected chi connectivity index (χ3v) is 3.96. The molecule has 22 heavy (non-hydrogen) atoms. The van der Waals surface area contributed by atoms with Crippen LogP contribution >= 0.6 is 0 Å². The number of aromatic nitrogens is 3.